The highest BCUT2D eigenvalue weighted by atomic mass is 16.5. The van der Waals surface area contributed by atoms with Gasteiger partial charge < -0.3 is 14.5 Å². The van der Waals surface area contributed by atoms with Crippen LogP contribution < -0.4 is 5.32 Å². The second kappa shape index (κ2) is 5.57. The molecule has 2 unspecified atom stereocenters. The summed E-state index contributed by atoms with van der Waals surface area (Å²) in [6.07, 6.45) is 5.05. The fraction of sp³-hybridized carbons (Fsp3) is 0.412. The number of para-hydroxylation sites is 1. The lowest BCUT2D eigenvalue weighted by Crippen LogP contribution is -2.32. The van der Waals surface area contributed by atoms with Crippen LogP contribution in [0.1, 0.15) is 26.2 Å². The van der Waals surface area contributed by atoms with Crippen LogP contribution in [0.5, 0.6) is 0 Å². The first kappa shape index (κ1) is 13.5. The van der Waals surface area contributed by atoms with Crippen molar-refractivity contribution >= 4 is 27.9 Å². The van der Waals surface area contributed by atoms with E-state index in [9.17, 15) is 0 Å². The van der Waals surface area contributed by atoms with Crippen LogP contribution in [0.2, 0.25) is 0 Å². The van der Waals surface area contributed by atoms with Crippen molar-refractivity contribution in [1.29, 1.82) is 0 Å². The smallest absolute Gasteiger partial charge is 0.196 e. The normalized spacial score (nSPS) is 19.8. The molecule has 1 aliphatic heterocycles. The van der Waals surface area contributed by atoms with Crippen molar-refractivity contribution in [3.63, 3.8) is 0 Å². The van der Waals surface area contributed by atoms with Crippen LogP contribution in [-0.4, -0.2) is 28.7 Å². The molecule has 0 saturated carbocycles. The van der Waals surface area contributed by atoms with Gasteiger partial charge in [0.15, 0.2) is 11.4 Å². The van der Waals surface area contributed by atoms with E-state index in [0.29, 0.717) is 0 Å². The topological polar surface area (TPSA) is 60.2 Å². The Kier molecular flexibility index (Phi) is 3.42. The molecule has 0 spiro atoms. The Bertz CT molecular complexity index is 793. The average molecular weight is 297 g/mol. The summed E-state index contributed by atoms with van der Waals surface area (Å²) in [5, 5.41) is 4.53. The Hall–Kier alpha value is -2.14. The lowest BCUT2D eigenvalue weighted by atomic mass is 10.1. The van der Waals surface area contributed by atoms with Gasteiger partial charge in [-0.2, -0.15) is 0 Å². The summed E-state index contributed by atoms with van der Waals surface area (Å²) in [5.74, 6) is 0.753. The first-order chi connectivity index (χ1) is 10.9. The number of anilines is 1. The number of hydrogen-bond donors (Lipinski definition) is 1. The molecule has 1 aromatic carbocycles. The molecule has 0 bridgehead atoms. The molecule has 5 nitrogen and oxygen atoms in total. The molecular formula is C17H19N3O2. The minimum Gasteiger partial charge on any atom is -0.450 e. The van der Waals surface area contributed by atoms with Crippen LogP contribution in [0.3, 0.4) is 0 Å². The molecule has 1 saturated heterocycles. The molecule has 1 aliphatic rings. The summed E-state index contributed by atoms with van der Waals surface area (Å²) in [7, 11) is 0. The Morgan fingerprint density at radius 1 is 1.32 bits per heavy atom. The molecule has 3 heterocycles. The van der Waals surface area contributed by atoms with Gasteiger partial charge in [-0.15, -0.1) is 0 Å². The van der Waals surface area contributed by atoms with Crippen molar-refractivity contribution < 1.29 is 9.15 Å². The highest BCUT2D eigenvalue weighted by Gasteiger charge is 2.26. The van der Waals surface area contributed by atoms with Crippen molar-refractivity contribution in [2.24, 2.45) is 0 Å². The summed E-state index contributed by atoms with van der Waals surface area (Å²) in [6.45, 7) is 3.02. The maximum absolute atomic E-state index is 5.96. The summed E-state index contributed by atoms with van der Waals surface area (Å²) < 4.78 is 11.8. The van der Waals surface area contributed by atoms with Gasteiger partial charge in [0.1, 0.15) is 17.4 Å². The number of nitrogens with zero attached hydrogens (tertiary/aromatic N) is 2. The van der Waals surface area contributed by atoms with Crippen molar-refractivity contribution in [2.75, 3.05) is 11.9 Å². The molecule has 0 radical (unpaired) electrons. The van der Waals surface area contributed by atoms with Crippen molar-refractivity contribution in [3.8, 4) is 0 Å². The number of ether oxygens (including phenoxy) is 1. The van der Waals surface area contributed by atoms with E-state index in [0.717, 1.165) is 53.8 Å². The number of benzene rings is 1. The van der Waals surface area contributed by atoms with E-state index in [1.165, 1.54) is 0 Å². The van der Waals surface area contributed by atoms with Gasteiger partial charge in [-0.05, 0) is 31.4 Å². The maximum atomic E-state index is 5.96. The van der Waals surface area contributed by atoms with Gasteiger partial charge >= 0.3 is 0 Å². The molecule has 4 rings (SSSR count). The van der Waals surface area contributed by atoms with Crippen LogP contribution in [0.4, 0.5) is 5.82 Å². The fourth-order valence-electron chi connectivity index (χ4n) is 3.18. The number of fused-ring (bicyclic) bond motifs is 3. The van der Waals surface area contributed by atoms with Crippen molar-refractivity contribution in [3.05, 3.63) is 30.6 Å². The predicted octanol–water partition coefficient (Wildman–Crippen LogP) is 3.75. The summed E-state index contributed by atoms with van der Waals surface area (Å²) >= 11 is 0. The fourth-order valence-corrected chi connectivity index (χ4v) is 3.18. The number of rotatable bonds is 4. The third-order valence-corrected chi connectivity index (χ3v) is 4.33. The Morgan fingerprint density at radius 2 is 2.23 bits per heavy atom. The third-order valence-electron chi connectivity index (χ3n) is 4.33. The quantitative estimate of drug-likeness (QED) is 0.794. The standard InChI is InChI=1S/C17H19N3O2/c1-2-12(14-8-5-9-21-14)20-17-16-15(18-10-19-17)11-6-3-4-7-13(11)22-16/h3-4,6-7,10,12,14H,2,5,8-9H2,1H3,(H,18,19,20). The van der Waals surface area contributed by atoms with Crippen LogP contribution in [0.25, 0.3) is 22.1 Å². The van der Waals surface area contributed by atoms with Gasteiger partial charge in [0, 0.05) is 12.0 Å². The van der Waals surface area contributed by atoms with E-state index in [2.05, 4.69) is 22.2 Å². The number of hydrogen-bond acceptors (Lipinski definition) is 5. The molecule has 5 heteroatoms. The molecule has 2 aromatic heterocycles. The Labute approximate surface area is 128 Å². The largest absolute Gasteiger partial charge is 0.450 e. The molecule has 1 fully saturated rings. The van der Waals surface area contributed by atoms with E-state index in [1.54, 1.807) is 6.33 Å². The summed E-state index contributed by atoms with van der Waals surface area (Å²) in [6, 6.07) is 8.18. The number of nitrogens with one attached hydrogen (secondary N) is 1. The SMILES string of the molecule is CCC(Nc1ncnc2c1oc1ccccc12)C1CCCO1. The first-order valence-electron chi connectivity index (χ1n) is 7.87. The molecule has 0 aliphatic carbocycles. The minimum absolute atomic E-state index is 0.244. The van der Waals surface area contributed by atoms with Crippen LogP contribution in [0.15, 0.2) is 35.0 Å². The van der Waals surface area contributed by atoms with Crippen LogP contribution >= 0.6 is 0 Å². The molecule has 3 aromatic rings. The van der Waals surface area contributed by atoms with Crippen LogP contribution in [-0.2, 0) is 4.74 Å². The minimum atomic E-state index is 0.244. The second-order valence-electron chi connectivity index (χ2n) is 5.71. The molecule has 2 atom stereocenters. The molecule has 0 amide bonds. The lowest BCUT2D eigenvalue weighted by molar-refractivity contribution is 0.0942. The predicted molar refractivity (Wildman–Crippen MR) is 86.0 cm³/mol. The van der Waals surface area contributed by atoms with Gasteiger partial charge in [-0.1, -0.05) is 19.1 Å². The van der Waals surface area contributed by atoms with E-state index in [1.807, 2.05) is 24.3 Å². The second-order valence-corrected chi connectivity index (χ2v) is 5.71. The molecule has 114 valence electrons. The van der Waals surface area contributed by atoms with Gasteiger partial charge in [-0.3, -0.25) is 0 Å². The zero-order valence-corrected chi connectivity index (χ0v) is 12.6. The van der Waals surface area contributed by atoms with Gasteiger partial charge in [0.25, 0.3) is 0 Å². The number of aromatic nitrogens is 2. The zero-order valence-electron chi connectivity index (χ0n) is 12.6. The van der Waals surface area contributed by atoms with Crippen molar-refractivity contribution in [2.45, 2.75) is 38.3 Å². The molecule has 22 heavy (non-hydrogen) atoms. The zero-order chi connectivity index (χ0) is 14.9. The average Bonchev–Trinajstić information content (AvgIpc) is 3.20. The van der Waals surface area contributed by atoms with Crippen molar-refractivity contribution in [1.82, 2.24) is 9.97 Å². The van der Waals surface area contributed by atoms with Gasteiger partial charge in [-0.25, -0.2) is 9.97 Å². The van der Waals surface area contributed by atoms with E-state index >= 15 is 0 Å². The highest BCUT2D eigenvalue weighted by Crippen LogP contribution is 2.31. The van der Waals surface area contributed by atoms with Gasteiger partial charge in [0.05, 0.1) is 12.1 Å². The lowest BCUT2D eigenvalue weighted by Gasteiger charge is -2.23. The third kappa shape index (κ3) is 2.22. The first-order valence-corrected chi connectivity index (χ1v) is 7.87. The van der Waals surface area contributed by atoms with Gasteiger partial charge in [0.2, 0.25) is 0 Å². The van der Waals surface area contributed by atoms with Crippen LogP contribution in [0, 0.1) is 0 Å². The Balaban J connectivity index is 1.74. The Morgan fingerprint density at radius 3 is 3.05 bits per heavy atom. The summed E-state index contributed by atoms with van der Waals surface area (Å²) in [4.78, 5) is 8.77. The molecular weight excluding hydrogens is 278 g/mol. The summed E-state index contributed by atoms with van der Waals surface area (Å²) in [5.41, 5.74) is 2.42. The highest BCUT2D eigenvalue weighted by molar-refractivity contribution is 6.05. The van der Waals surface area contributed by atoms with E-state index in [-0.39, 0.29) is 12.1 Å². The molecule has 1 N–H and O–H groups in total. The van der Waals surface area contributed by atoms with E-state index in [4.69, 9.17) is 9.15 Å². The van der Waals surface area contributed by atoms with E-state index < -0.39 is 0 Å². The maximum Gasteiger partial charge on any atom is 0.196 e. The monoisotopic (exact) mass is 297 g/mol. The number of furan rings is 1.